The van der Waals surface area contributed by atoms with Crippen LogP contribution in [0.4, 0.5) is 0 Å². The Morgan fingerprint density at radius 2 is 1.84 bits per heavy atom. The van der Waals surface area contributed by atoms with E-state index in [1.165, 1.54) is 11.1 Å². The van der Waals surface area contributed by atoms with Crippen LogP contribution >= 0.6 is 0 Å². The molecule has 44 heavy (non-hydrogen) atoms. The van der Waals surface area contributed by atoms with E-state index < -0.39 is 6.10 Å². The summed E-state index contributed by atoms with van der Waals surface area (Å²) in [5.74, 6) is 2.44. The summed E-state index contributed by atoms with van der Waals surface area (Å²) in [7, 11) is 1.72. The largest absolute Gasteiger partial charge is 0.493 e. The van der Waals surface area contributed by atoms with E-state index in [2.05, 4.69) is 35.8 Å². The van der Waals surface area contributed by atoms with E-state index in [0.29, 0.717) is 31.0 Å². The first-order chi connectivity index (χ1) is 21.4. The van der Waals surface area contributed by atoms with Crippen molar-refractivity contribution in [3.8, 4) is 11.5 Å². The number of likely N-dealkylation sites (tertiary alicyclic amines) is 1. The lowest BCUT2D eigenvalue weighted by Crippen LogP contribution is -2.69. The molecule has 2 aliphatic carbocycles. The maximum absolute atomic E-state index is 14.0. The second-order valence-corrected chi connectivity index (χ2v) is 13.5. The Balaban J connectivity index is 1.24. The van der Waals surface area contributed by atoms with Gasteiger partial charge >= 0.3 is 0 Å². The molecule has 230 valence electrons. The Bertz CT molecular complexity index is 1520. The van der Waals surface area contributed by atoms with Crippen molar-refractivity contribution in [1.29, 1.82) is 0 Å². The summed E-state index contributed by atoms with van der Waals surface area (Å²) in [6.45, 7) is 6.56. The number of aliphatic hydroxyl groups is 1. The molecule has 2 aliphatic heterocycles. The third kappa shape index (κ3) is 4.83. The molecule has 7 rings (SSSR count). The fourth-order valence-corrected chi connectivity index (χ4v) is 8.91. The number of piperidine rings is 1. The fourth-order valence-electron chi connectivity index (χ4n) is 8.91. The van der Waals surface area contributed by atoms with Gasteiger partial charge in [0.2, 0.25) is 5.91 Å². The first kappa shape index (κ1) is 29.1. The van der Waals surface area contributed by atoms with Crippen molar-refractivity contribution >= 4 is 12.0 Å². The molecule has 3 aromatic rings. The average Bonchev–Trinajstić information content (AvgIpc) is 3.39. The summed E-state index contributed by atoms with van der Waals surface area (Å²) in [5.41, 5.74) is 4.46. The number of methoxy groups -OCH3 is 1. The van der Waals surface area contributed by atoms with Crippen LogP contribution in [0, 0.1) is 11.8 Å². The molecule has 0 aromatic heterocycles. The normalized spacial score (nSPS) is 27.6. The topological polar surface area (TPSA) is 62.2 Å². The van der Waals surface area contributed by atoms with Crippen LogP contribution in [-0.4, -0.2) is 65.7 Å². The molecule has 1 saturated carbocycles. The smallest absolute Gasteiger partial charge is 0.246 e. The molecule has 6 nitrogen and oxygen atoms in total. The first-order valence-corrected chi connectivity index (χ1v) is 16.3. The molecule has 2 bridgehead atoms. The predicted octanol–water partition coefficient (Wildman–Crippen LogP) is 6.03. The summed E-state index contributed by atoms with van der Waals surface area (Å²) in [6, 6.07) is 24.6. The molecule has 1 saturated heterocycles. The minimum Gasteiger partial charge on any atom is -0.493 e. The van der Waals surface area contributed by atoms with E-state index in [1.807, 2.05) is 66.7 Å². The highest BCUT2D eigenvalue weighted by atomic mass is 16.5. The van der Waals surface area contributed by atoms with Crippen LogP contribution in [0.2, 0.25) is 0 Å². The Labute approximate surface area is 261 Å². The van der Waals surface area contributed by atoms with Crippen LogP contribution in [0.5, 0.6) is 11.5 Å². The summed E-state index contributed by atoms with van der Waals surface area (Å²) < 4.78 is 12.9. The van der Waals surface area contributed by atoms with Gasteiger partial charge in [0, 0.05) is 36.2 Å². The predicted molar refractivity (Wildman–Crippen MR) is 173 cm³/mol. The van der Waals surface area contributed by atoms with Gasteiger partial charge in [-0.15, -0.1) is 0 Å². The number of rotatable bonds is 9. The van der Waals surface area contributed by atoms with Crippen LogP contribution in [-0.2, 0) is 16.6 Å². The van der Waals surface area contributed by atoms with Crippen LogP contribution in [0.25, 0.3) is 6.08 Å². The van der Waals surface area contributed by atoms with Crippen LogP contribution in [0.3, 0.4) is 0 Å². The second kappa shape index (κ2) is 11.7. The van der Waals surface area contributed by atoms with E-state index in [0.717, 1.165) is 54.9 Å². The number of carbonyl (C=O) groups excluding carboxylic acids is 1. The third-order valence-corrected chi connectivity index (χ3v) is 10.7. The quantitative estimate of drug-likeness (QED) is 0.307. The Kier molecular flexibility index (Phi) is 7.75. The minimum atomic E-state index is -0.527. The highest BCUT2D eigenvalue weighted by Gasteiger charge is 2.66. The number of amides is 1. The zero-order valence-electron chi connectivity index (χ0n) is 26.1. The zero-order chi connectivity index (χ0) is 30.4. The standard InChI is InChI=1S/C38H44N2O4/c1-25(2)23-40(34(42)19-14-26-10-6-4-7-11-26)30-17-16-29-31-22-28-15-18-33(43-3)36-35(28)38(29,37(30)44-36)20-21-39(31)24-32(41)27-12-8-5-9-13-27/h4-15,18-19,25,29-32,37,41H,16-17,20-24H2,1-3H3/t29-,30+,31+,32?,37-,38-/m0/s1. The van der Waals surface area contributed by atoms with Crippen LogP contribution < -0.4 is 9.47 Å². The van der Waals surface area contributed by atoms with E-state index in [4.69, 9.17) is 9.47 Å². The fraction of sp³-hybridized carbons (Fsp3) is 0.447. The summed E-state index contributed by atoms with van der Waals surface area (Å²) in [4.78, 5) is 18.6. The van der Waals surface area contributed by atoms with Crippen LogP contribution in [0.1, 0.15) is 61.5 Å². The van der Waals surface area contributed by atoms with Crippen molar-refractivity contribution in [1.82, 2.24) is 9.80 Å². The number of β-amino-alcohol motifs (C(OH)–C–C–N with tert-alkyl or cyclic N) is 1. The highest BCUT2D eigenvalue weighted by Crippen LogP contribution is 2.64. The van der Waals surface area contributed by atoms with Gasteiger partial charge in [0.15, 0.2) is 11.5 Å². The second-order valence-electron chi connectivity index (χ2n) is 13.5. The molecule has 3 aromatic carbocycles. The van der Waals surface area contributed by atoms with Gasteiger partial charge in [0.25, 0.3) is 0 Å². The Morgan fingerprint density at radius 3 is 2.57 bits per heavy atom. The number of benzene rings is 3. The molecule has 2 heterocycles. The monoisotopic (exact) mass is 592 g/mol. The molecule has 4 aliphatic rings. The molecule has 1 amide bonds. The first-order valence-electron chi connectivity index (χ1n) is 16.3. The van der Waals surface area contributed by atoms with E-state index in [1.54, 1.807) is 13.2 Å². The number of carbonyl (C=O) groups is 1. The van der Waals surface area contributed by atoms with Gasteiger partial charge in [-0.3, -0.25) is 9.69 Å². The number of ether oxygens (including phenoxy) is 2. The lowest BCUT2D eigenvalue weighted by atomic mass is 9.51. The van der Waals surface area contributed by atoms with Crippen LogP contribution in [0.15, 0.2) is 78.9 Å². The van der Waals surface area contributed by atoms with Gasteiger partial charge in [-0.05, 0) is 72.9 Å². The SMILES string of the molecule is COc1ccc2c3c1O[C@H]1[C@H](N(CC(C)C)C(=O)C=Cc4ccccc4)CC[C@H]4[C@@H](C2)N(CC(O)c2ccccc2)CC[C@@]341. The van der Waals surface area contributed by atoms with Gasteiger partial charge in [-0.25, -0.2) is 0 Å². The number of hydrogen-bond donors (Lipinski definition) is 1. The van der Waals surface area contributed by atoms with Gasteiger partial charge in [-0.1, -0.05) is 80.6 Å². The molecular formula is C38H44N2O4. The number of hydrogen-bond acceptors (Lipinski definition) is 5. The summed E-state index contributed by atoms with van der Waals surface area (Å²) in [5, 5.41) is 11.2. The maximum Gasteiger partial charge on any atom is 0.246 e. The van der Waals surface area contributed by atoms with Gasteiger partial charge < -0.3 is 19.5 Å². The number of aliphatic hydroxyl groups excluding tert-OH is 1. The molecule has 1 spiro atoms. The average molecular weight is 593 g/mol. The van der Waals surface area contributed by atoms with Gasteiger partial charge in [-0.2, -0.15) is 0 Å². The van der Waals surface area contributed by atoms with Gasteiger partial charge in [0.05, 0.1) is 19.3 Å². The highest BCUT2D eigenvalue weighted by molar-refractivity contribution is 5.92. The maximum atomic E-state index is 14.0. The Morgan fingerprint density at radius 1 is 1.09 bits per heavy atom. The van der Waals surface area contributed by atoms with E-state index in [-0.39, 0.29) is 23.5 Å². The molecule has 6 heteroatoms. The zero-order valence-corrected chi connectivity index (χ0v) is 26.1. The molecule has 2 fully saturated rings. The number of nitrogens with zero attached hydrogens (tertiary/aromatic N) is 2. The molecule has 1 N–H and O–H groups in total. The molecule has 0 radical (unpaired) electrons. The van der Waals surface area contributed by atoms with Crippen molar-refractivity contribution < 1.29 is 19.4 Å². The van der Waals surface area contributed by atoms with E-state index >= 15 is 0 Å². The van der Waals surface area contributed by atoms with Crippen molar-refractivity contribution in [2.75, 3.05) is 26.7 Å². The van der Waals surface area contributed by atoms with Crippen molar-refractivity contribution in [3.63, 3.8) is 0 Å². The van der Waals surface area contributed by atoms with Gasteiger partial charge in [0.1, 0.15) is 6.10 Å². The molecule has 6 atom stereocenters. The molecular weight excluding hydrogens is 548 g/mol. The van der Waals surface area contributed by atoms with Crippen molar-refractivity contribution in [2.45, 2.75) is 69.2 Å². The lowest BCUT2D eigenvalue weighted by molar-refractivity contribution is -0.139. The molecule has 1 unspecified atom stereocenters. The van der Waals surface area contributed by atoms with Crippen molar-refractivity contribution in [3.05, 3.63) is 101 Å². The van der Waals surface area contributed by atoms with Crippen molar-refractivity contribution in [2.24, 2.45) is 11.8 Å². The summed E-state index contributed by atoms with van der Waals surface area (Å²) in [6.07, 6.45) is 6.80. The van der Waals surface area contributed by atoms with E-state index in [9.17, 15) is 9.90 Å². The lowest BCUT2D eigenvalue weighted by Gasteiger charge is -2.60. The Hall–Kier alpha value is -3.61. The third-order valence-electron chi connectivity index (χ3n) is 10.7. The summed E-state index contributed by atoms with van der Waals surface area (Å²) >= 11 is 0. The minimum absolute atomic E-state index is 0.0354.